The number of piperazine rings is 1. The van der Waals surface area contributed by atoms with Crippen LogP contribution in [0, 0.1) is 17.8 Å². The molecule has 10 rings (SSSR count). The number of aliphatic hydroxyl groups excluding tert-OH is 2. The van der Waals surface area contributed by atoms with E-state index in [0.29, 0.717) is 72.4 Å². The zero-order chi connectivity index (χ0) is 43.8. The molecule has 3 fully saturated rings. The minimum Gasteiger partial charge on any atom is -0.491 e. The molecule has 0 radical (unpaired) electrons. The molecule has 3 N–H and O–H groups in total. The van der Waals surface area contributed by atoms with Crippen molar-refractivity contribution >= 4 is 23.5 Å². The van der Waals surface area contributed by atoms with E-state index in [-0.39, 0.29) is 38.9 Å². The second-order valence-electron chi connectivity index (χ2n) is 16.7. The Hall–Kier alpha value is -6.69. The van der Waals surface area contributed by atoms with Gasteiger partial charge in [-0.2, -0.15) is 0 Å². The number of cyclic esters (lactones) is 1. The molecule has 0 aliphatic carbocycles. The maximum atomic E-state index is 16.0. The van der Waals surface area contributed by atoms with E-state index in [2.05, 4.69) is 27.0 Å². The summed E-state index contributed by atoms with van der Waals surface area (Å²) >= 11 is 0. The number of nitrogens with one attached hydrogen (secondary N) is 1. The second kappa shape index (κ2) is 17.5. The maximum Gasteiger partial charge on any atom is 0.324 e. The molecular weight excluding hydrogens is 813 g/mol. The molecule has 5 heterocycles. The molecule has 6 unspecified atom stereocenters. The standard InChI is InChI=1S/C51H48N4O9/c56-26-10-9-11-33-18-20-39-38(29-33)51(50(60)52-39)43(48(58)54-24-22-53(23-25-54)31-34-19-21-41-42(30-34)63-32-62-41)45-49(59)64-46(36-14-5-2-6-15-36)44(35-12-3-1-4-13-35)55(45)47(51)37-16-7-8-17-40(37)61-28-27-57/h1-8,12-21,29-30,43-47,56-57H,10,22-28,31-32H2,(H,52,60). The Morgan fingerprint density at radius 3 is 2.30 bits per heavy atom. The number of para-hydroxylation sites is 1. The molecular formula is C51H48N4O9. The number of esters is 1. The number of nitrogens with zero attached hydrogens (tertiary/aromatic N) is 3. The molecule has 1 spiro atoms. The smallest absolute Gasteiger partial charge is 0.324 e. The Morgan fingerprint density at radius 1 is 0.797 bits per heavy atom. The van der Waals surface area contributed by atoms with Crippen molar-refractivity contribution in [2.45, 2.75) is 42.6 Å². The summed E-state index contributed by atoms with van der Waals surface area (Å²) in [5.74, 6) is 5.33. The molecule has 13 nitrogen and oxygen atoms in total. The predicted molar refractivity (Wildman–Crippen MR) is 235 cm³/mol. The monoisotopic (exact) mass is 860 g/mol. The molecule has 0 saturated carbocycles. The number of benzene rings is 5. The van der Waals surface area contributed by atoms with Crippen LogP contribution in [0.25, 0.3) is 0 Å². The van der Waals surface area contributed by atoms with Crippen molar-refractivity contribution in [3.8, 4) is 29.1 Å². The van der Waals surface area contributed by atoms with Crippen LogP contribution in [-0.2, 0) is 31.1 Å². The number of morpholine rings is 1. The van der Waals surface area contributed by atoms with E-state index in [1.54, 1.807) is 23.1 Å². The van der Waals surface area contributed by atoms with Crippen molar-refractivity contribution in [3.05, 3.63) is 155 Å². The summed E-state index contributed by atoms with van der Waals surface area (Å²) in [6.45, 7) is 2.25. The molecule has 3 saturated heterocycles. The maximum absolute atomic E-state index is 16.0. The van der Waals surface area contributed by atoms with Crippen LogP contribution in [0.4, 0.5) is 5.69 Å². The number of amides is 2. The first-order chi connectivity index (χ1) is 31.4. The van der Waals surface area contributed by atoms with Crippen LogP contribution in [0.1, 0.15) is 58.0 Å². The predicted octanol–water partition coefficient (Wildman–Crippen LogP) is 5.14. The topological polar surface area (TPSA) is 150 Å². The zero-order valence-electron chi connectivity index (χ0n) is 35.1. The number of hydrogen-bond acceptors (Lipinski definition) is 11. The highest BCUT2D eigenvalue weighted by atomic mass is 16.7. The van der Waals surface area contributed by atoms with Gasteiger partial charge in [-0.3, -0.25) is 24.2 Å². The van der Waals surface area contributed by atoms with E-state index in [1.807, 2.05) is 103 Å². The summed E-state index contributed by atoms with van der Waals surface area (Å²) in [5, 5.41) is 22.7. The normalized spacial score (nSPS) is 24.7. The first-order valence-corrected chi connectivity index (χ1v) is 21.8. The molecule has 5 aliphatic rings. The highest BCUT2D eigenvalue weighted by molar-refractivity contribution is 6.12. The molecule has 0 aromatic heterocycles. The fraction of sp³-hybridized carbons (Fsp3) is 0.314. The Kier molecular flexibility index (Phi) is 11.3. The quantitative estimate of drug-likeness (QED) is 0.127. The Labute approximate surface area is 371 Å². The fourth-order valence-corrected chi connectivity index (χ4v) is 10.5. The van der Waals surface area contributed by atoms with Crippen molar-refractivity contribution in [3.63, 3.8) is 0 Å². The van der Waals surface area contributed by atoms with Gasteiger partial charge in [0.2, 0.25) is 18.6 Å². The number of carbonyl (C=O) groups is 3. The Bertz CT molecular complexity index is 2630. The van der Waals surface area contributed by atoms with Crippen LogP contribution in [0.5, 0.6) is 17.2 Å². The number of ether oxygens (including phenoxy) is 4. The average Bonchev–Trinajstić information content (AvgIpc) is 4.01. The van der Waals surface area contributed by atoms with Crippen LogP contribution >= 0.6 is 0 Å². The van der Waals surface area contributed by atoms with Gasteiger partial charge in [0.25, 0.3) is 0 Å². The van der Waals surface area contributed by atoms with Crippen LogP contribution in [-0.4, -0.2) is 102 Å². The SMILES string of the molecule is O=C1OC(c2ccccc2)C(c2ccccc2)N2C1C(C(=O)N1CCN(Cc3ccc4c(c3)OCO4)CC1)C1(C(=O)Nc3ccc(C#CCCO)cc31)C2c1ccccc1OCCO. The average molecular weight is 861 g/mol. The lowest BCUT2D eigenvalue weighted by atomic mass is 9.64. The Balaban J connectivity index is 1.15. The van der Waals surface area contributed by atoms with Crippen molar-refractivity contribution in [2.75, 3.05) is 58.1 Å². The van der Waals surface area contributed by atoms with Gasteiger partial charge in [-0.15, -0.1) is 0 Å². The highest BCUT2D eigenvalue weighted by Crippen LogP contribution is 2.66. The van der Waals surface area contributed by atoms with Gasteiger partial charge >= 0.3 is 5.97 Å². The molecule has 326 valence electrons. The summed E-state index contributed by atoms with van der Waals surface area (Å²) in [4.78, 5) is 53.1. The summed E-state index contributed by atoms with van der Waals surface area (Å²) in [5.41, 5.74) is 3.11. The van der Waals surface area contributed by atoms with Gasteiger partial charge in [-0.1, -0.05) is 96.8 Å². The van der Waals surface area contributed by atoms with Gasteiger partial charge < -0.3 is 39.4 Å². The van der Waals surface area contributed by atoms with Gasteiger partial charge in [0.15, 0.2) is 11.5 Å². The van der Waals surface area contributed by atoms with Gasteiger partial charge in [0, 0.05) is 56.0 Å². The molecule has 5 aromatic rings. The van der Waals surface area contributed by atoms with Gasteiger partial charge in [-0.05, 0) is 58.7 Å². The third-order valence-corrected chi connectivity index (χ3v) is 13.1. The van der Waals surface area contributed by atoms with Crippen molar-refractivity contribution < 1.29 is 43.5 Å². The number of fused-ring (bicyclic) bond motifs is 4. The largest absolute Gasteiger partial charge is 0.491 e. The lowest BCUT2D eigenvalue weighted by molar-refractivity contribution is -0.179. The van der Waals surface area contributed by atoms with Gasteiger partial charge in [0.1, 0.15) is 29.9 Å². The van der Waals surface area contributed by atoms with Crippen LogP contribution in [0.15, 0.2) is 121 Å². The number of aliphatic hydroxyl groups is 2. The highest BCUT2D eigenvalue weighted by Gasteiger charge is 2.74. The summed E-state index contributed by atoms with van der Waals surface area (Å²) in [6.07, 6.45) is -0.577. The van der Waals surface area contributed by atoms with E-state index in [0.717, 1.165) is 16.7 Å². The third kappa shape index (κ3) is 7.13. The molecule has 6 atom stereocenters. The molecule has 0 bridgehead atoms. The summed E-state index contributed by atoms with van der Waals surface area (Å²) < 4.78 is 24.0. The van der Waals surface area contributed by atoms with E-state index < -0.39 is 47.4 Å². The second-order valence-corrected chi connectivity index (χ2v) is 16.7. The third-order valence-electron chi connectivity index (χ3n) is 13.1. The van der Waals surface area contributed by atoms with Crippen LogP contribution in [0.3, 0.4) is 0 Å². The fourth-order valence-electron chi connectivity index (χ4n) is 10.5. The van der Waals surface area contributed by atoms with Crippen LogP contribution < -0.4 is 19.5 Å². The number of carbonyl (C=O) groups excluding carboxylic acids is 3. The minimum absolute atomic E-state index is 0.0246. The number of anilines is 1. The van der Waals surface area contributed by atoms with E-state index in [4.69, 9.17) is 18.9 Å². The molecule has 2 amide bonds. The van der Waals surface area contributed by atoms with Gasteiger partial charge in [0.05, 0.1) is 31.2 Å². The summed E-state index contributed by atoms with van der Waals surface area (Å²) in [6, 6.07) is 35.1. The number of hydrogen-bond donors (Lipinski definition) is 3. The molecule has 64 heavy (non-hydrogen) atoms. The zero-order valence-corrected chi connectivity index (χ0v) is 35.1. The van der Waals surface area contributed by atoms with Crippen molar-refractivity contribution in [1.82, 2.24) is 14.7 Å². The van der Waals surface area contributed by atoms with Crippen LogP contribution in [0.2, 0.25) is 0 Å². The lowest BCUT2D eigenvalue weighted by Gasteiger charge is -2.46. The summed E-state index contributed by atoms with van der Waals surface area (Å²) in [7, 11) is 0. The molecule has 13 heteroatoms. The number of rotatable bonds is 10. The van der Waals surface area contributed by atoms with E-state index in [1.165, 1.54) is 0 Å². The van der Waals surface area contributed by atoms with Crippen molar-refractivity contribution in [2.24, 2.45) is 5.92 Å². The minimum atomic E-state index is -1.73. The molecule has 5 aliphatic heterocycles. The Morgan fingerprint density at radius 2 is 1.53 bits per heavy atom. The van der Waals surface area contributed by atoms with E-state index in [9.17, 15) is 10.2 Å². The first-order valence-electron chi connectivity index (χ1n) is 21.8. The van der Waals surface area contributed by atoms with Gasteiger partial charge in [-0.25, -0.2) is 0 Å². The lowest BCUT2D eigenvalue weighted by Crippen LogP contribution is -2.58. The molecule has 5 aromatic carbocycles. The first kappa shape index (κ1) is 41.3. The van der Waals surface area contributed by atoms with E-state index >= 15 is 14.4 Å². The van der Waals surface area contributed by atoms with Crippen molar-refractivity contribution in [1.29, 1.82) is 0 Å².